The zero-order valence-electron chi connectivity index (χ0n) is 21.9. The van der Waals surface area contributed by atoms with E-state index in [2.05, 4.69) is 19.8 Å². The summed E-state index contributed by atoms with van der Waals surface area (Å²) < 4.78 is 33.8. The molecule has 1 amide bonds. The third-order valence-electron chi connectivity index (χ3n) is 7.36. The topological polar surface area (TPSA) is 104 Å². The van der Waals surface area contributed by atoms with E-state index in [-0.39, 0.29) is 10.8 Å². The van der Waals surface area contributed by atoms with Crippen LogP contribution >= 0.6 is 0 Å². The number of rotatable bonds is 6. The molecular formula is C27H37N5O4S. The van der Waals surface area contributed by atoms with E-state index in [1.54, 1.807) is 32.9 Å². The van der Waals surface area contributed by atoms with Gasteiger partial charge in [0.15, 0.2) is 0 Å². The number of hydrogen-bond acceptors (Lipinski definition) is 7. The number of pyridine rings is 1. The number of benzene rings is 1. The van der Waals surface area contributed by atoms with E-state index in [1.807, 2.05) is 12.1 Å². The van der Waals surface area contributed by atoms with Gasteiger partial charge in [-0.1, -0.05) is 6.07 Å². The third kappa shape index (κ3) is 6.08. The molecule has 1 spiro atoms. The van der Waals surface area contributed by atoms with Crippen molar-refractivity contribution in [3.05, 3.63) is 42.0 Å². The zero-order chi connectivity index (χ0) is 26.3. The maximum Gasteiger partial charge on any atom is 0.259 e. The van der Waals surface area contributed by atoms with Crippen molar-refractivity contribution in [1.29, 1.82) is 0 Å². The lowest BCUT2D eigenvalue weighted by Gasteiger charge is -2.35. The van der Waals surface area contributed by atoms with Crippen LogP contribution in [-0.2, 0) is 14.8 Å². The first-order valence-electron chi connectivity index (χ1n) is 13.1. The predicted molar refractivity (Wildman–Crippen MR) is 145 cm³/mol. The van der Waals surface area contributed by atoms with Crippen LogP contribution in [0.1, 0.15) is 56.8 Å². The zero-order valence-corrected chi connectivity index (χ0v) is 22.7. The van der Waals surface area contributed by atoms with Gasteiger partial charge in [-0.25, -0.2) is 18.1 Å². The van der Waals surface area contributed by atoms with Gasteiger partial charge in [0, 0.05) is 37.4 Å². The molecule has 1 saturated carbocycles. The Labute approximate surface area is 219 Å². The Morgan fingerprint density at radius 2 is 1.68 bits per heavy atom. The van der Waals surface area contributed by atoms with Crippen molar-refractivity contribution in [2.45, 2.75) is 56.9 Å². The number of hydrogen-bond donors (Lipinski definition) is 2. The molecule has 1 aromatic carbocycles. The van der Waals surface area contributed by atoms with Gasteiger partial charge >= 0.3 is 0 Å². The van der Waals surface area contributed by atoms with Gasteiger partial charge in [-0.05, 0) is 82.2 Å². The van der Waals surface area contributed by atoms with Crippen molar-refractivity contribution in [2.75, 3.05) is 54.5 Å². The summed E-state index contributed by atoms with van der Waals surface area (Å²) in [6.07, 6.45) is 4.86. The van der Waals surface area contributed by atoms with Crippen molar-refractivity contribution >= 4 is 33.3 Å². The smallest absolute Gasteiger partial charge is 0.259 e. The first-order valence-corrected chi connectivity index (χ1v) is 14.6. The van der Waals surface area contributed by atoms with Crippen LogP contribution < -0.4 is 19.8 Å². The van der Waals surface area contributed by atoms with Crippen molar-refractivity contribution < 1.29 is 17.9 Å². The number of aromatic nitrogens is 1. The van der Waals surface area contributed by atoms with E-state index in [1.165, 1.54) is 25.0 Å². The molecule has 1 aromatic heterocycles. The fourth-order valence-electron chi connectivity index (χ4n) is 5.10. The summed E-state index contributed by atoms with van der Waals surface area (Å²) in [5.41, 5.74) is 0.799. The first-order chi connectivity index (χ1) is 17.5. The summed E-state index contributed by atoms with van der Waals surface area (Å²) >= 11 is 0. The number of morpholine rings is 1. The summed E-state index contributed by atoms with van der Waals surface area (Å²) in [4.78, 5) is 23.0. The maximum atomic E-state index is 13.5. The highest BCUT2D eigenvalue weighted by Gasteiger charge is 2.45. The van der Waals surface area contributed by atoms with Gasteiger partial charge < -0.3 is 19.9 Å². The lowest BCUT2D eigenvalue weighted by molar-refractivity contribution is 0.102. The standard InChI is InChI=1S/C27H37N5O4S/c1-26(2,3)30-37(34,35)21-6-4-5-20(19-21)28-25(33)22-7-8-23(31-15-17-36-18-16-31)29-24(22)32-13-11-27(9-10-27)12-14-32/h4-8,19,30H,9-18H2,1-3H3,(H,28,33). The number of carbonyl (C=O) groups excluding carboxylic acids is 1. The number of ether oxygens (including phenoxy) is 1. The van der Waals surface area contributed by atoms with Gasteiger partial charge in [-0.3, -0.25) is 4.79 Å². The van der Waals surface area contributed by atoms with E-state index in [9.17, 15) is 13.2 Å². The molecular weight excluding hydrogens is 490 g/mol. The summed E-state index contributed by atoms with van der Waals surface area (Å²) in [5, 5.41) is 2.91. The van der Waals surface area contributed by atoms with Crippen LogP contribution in [0.4, 0.5) is 17.3 Å². The summed E-state index contributed by atoms with van der Waals surface area (Å²) in [6, 6.07) is 10.1. The van der Waals surface area contributed by atoms with Gasteiger partial charge in [0.05, 0.1) is 23.7 Å². The molecule has 9 nitrogen and oxygen atoms in total. The minimum atomic E-state index is -3.73. The van der Waals surface area contributed by atoms with Crippen LogP contribution in [0.2, 0.25) is 0 Å². The fraction of sp³-hybridized carbons (Fsp3) is 0.556. The highest BCUT2D eigenvalue weighted by atomic mass is 32.2. The molecule has 1 aliphatic carbocycles. The quantitative estimate of drug-likeness (QED) is 0.591. The highest BCUT2D eigenvalue weighted by molar-refractivity contribution is 7.89. The Kier molecular flexibility index (Phi) is 6.93. The van der Waals surface area contributed by atoms with Crippen LogP contribution in [0.3, 0.4) is 0 Å². The van der Waals surface area contributed by atoms with Gasteiger partial charge in [-0.15, -0.1) is 0 Å². The second-order valence-corrected chi connectivity index (χ2v) is 13.1. The third-order valence-corrected chi connectivity index (χ3v) is 9.12. The number of piperidine rings is 1. The molecule has 2 N–H and O–H groups in total. The lowest BCUT2D eigenvalue weighted by atomic mass is 9.93. The van der Waals surface area contributed by atoms with Gasteiger partial charge in [0.25, 0.3) is 5.91 Å². The predicted octanol–water partition coefficient (Wildman–Crippen LogP) is 3.63. The van der Waals surface area contributed by atoms with E-state index in [4.69, 9.17) is 9.72 Å². The Morgan fingerprint density at radius 1 is 0.973 bits per heavy atom. The largest absolute Gasteiger partial charge is 0.378 e. The molecule has 0 unspecified atom stereocenters. The second kappa shape index (κ2) is 9.89. The van der Waals surface area contributed by atoms with Crippen LogP contribution in [0.25, 0.3) is 0 Å². The molecule has 0 bridgehead atoms. The number of sulfonamides is 1. The highest BCUT2D eigenvalue weighted by Crippen LogP contribution is 2.54. The van der Waals surface area contributed by atoms with Gasteiger partial charge in [-0.2, -0.15) is 0 Å². The van der Waals surface area contributed by atoms with Gasteiger partial charge in [0.2, 0.25) is 10.0 Å². The molecule has 0 radical (unpaired) electrons. The lowest BCUT2D eigenvalue weighted by Crippen LogP contribution is -2.40. The monoisotopic (exact) mass is 527 g/mol. The normalized spacial score (nSPS) is 19.6. The average Bonchev–Trinajstić information content (AvgIpc) is 3.62. The van der Waals surface area contributed by atoms with Crippen LogP contribution in [0.15, 0.2) is 41.3 Å². The van der Waals surface area contributed by atoms with Crippen molar-refractivity contribution in [3.63, 3.8) is 0 Å². The maximum absolute atomic E-state index is 13.5. The number of carbonyl (C=O) groups is 1. The van der Waals surface area contributed by atoms with E-state index >= 15 is 0 Å². The fourth-order valence-corrected chi connectivity index (χ4v) is 6.56. The molecule has 37 heavy (non-hydrogen) atoms. The Balaban J connectivity index is 1.40. The van der Waals surface area contributed by atoms with Crippen LogP contribution in [0.5, 0.6) is 0 Å². The number of nitrogens with one attached hydrogen (secondary N) is 2. The second-order valence-electron chi connectivity index (χ2n) is 11.5. The first kappa shape index (κ1) is 25.9. The molecule has 10 heteroatoms. The van der Waals surface area contributed by atoms with Crippen LogP contribution in [0, 0.1) is 5.41 Å². The summed E-state index contributed by atoms with van der Waals surface area (Å²) in [5.74, 6) is 1.24. The van der Waals surface area contributed by atoms with Crippen molar-refractivity contribution in [3.8, 4) is 0 Å². The molecule has 0 atom stereocenters. The molecule has 2 aromatic rings. The molecule has 3 aliphatic rings. The molecule has 2 saturated heterocycles. The Morgan fingerprint density at radius 3 is 2.32 bits per heavy atom. The summed E-state index contributed by atoms with van der Waals surface area (Å²) in [7, 11) is -3.73. The number of nitrogens with zero attached hydrogens (tertiary/aromatic N) is 3. The molecule has 3 fully saturated rings. The molecule has 5 rings (SSSR count). The molecule has 2 aliphatic heterocycles. The van der Waals surface area contributed by atoms with Crippen molar-refractivity contribution in [1.82, 2.24) is 9.71 Å². The van der Waals surface area contributed by atoms with E-state index in [0.717, 1.165) is 44.8 Å². The Hall–Kier alpha value is -2.69. The minimum absolute atomic E-state index is 0.104. The minimum Gasteiger partial charge on any atom is -0.378 e. The number of anilines is 3. The average molecular weight is 528 g/mol. The SMILES string of the molecule is CC(C)(C)NS(=O)(=O)c1cccc(NC(=O)c2ccc(N3CCOCC3)nc2N2CCC3(CC2)CC3)c1. The van der Waals surface area contributed by atoms with Gasteiger partial charge in [0.1, 0.15) is 11.6 Å². The summed E-state index contributed by atoms with van der Waals surface area (Å²) in [6.45, 7) is 9.99. The number of amides is 1. The van der Waals surface area contributed by atoms with Crippen molar-refractivity contribution in [2.24, 2.45) is 5.41 Å². The van der Waals surface area contributed by atoms with E-state index < -0.39 is 15.6 Å². The molecule has 3 heterocycles. The van der Waals surface area contributed by atoms with E-state index in [0.29, 0.717) is 35.7 Å². The Bertz CT molecular complexity index is 1250. The van der Waals surface area contributed by atoms with Crippen LogP contribution in [-0.4, -0.2) is 64.2 Å². The molecule has 200 valence electrons.